The van der Waals surface area contributed by atoms with Gasteiger partial charge in [-0.1, -0.05) is 47.5 Å². The number of furan rings is 1. The summed E-state index contributed by atoms with van der Waals surface area (Å²) in [6.07, 6.45) is 0. The van der Waals surface area contributed by atoms with Crippen molar-refractivity contribution in [1.82, 2.24) is 0 Å². The highest BCUT2D eigenvalue weighted by molar-refractivity contribution is 5.95. The third kappa shape index (κ3) is 2.50. The molecule has 0 saturated heterocycles. The van der Waals surface area contributed by atoms with Crippen LogP contribution in [0.1, 0.15) is 22.3 Å². The summed E-state index contributed by atoms with van der Waals surface area (Å²) in [5, 5.41) is 1.02. The van der Waals surface area contributed by atoms with Gasteiger partial charge >= 0.3 is 0 Å². The smallest absolute Gasteiger partial charge is 0.248 e. The lowest BCUT2D eigenvalue weighted by molar-refractivity contribution is 0.311. The Kier molecular flexibility index (Phi) is 3.51. The molecule has 1 aliphatic heterocycles. The van der Waals surface area contributed by atoms with Gasteiger partial charge in [0.05, 0.1) is 16.8 Å². The second kappa shape index (κ2) is 5.92. The zero-order valence-corrected chi connectivity index (χ0v) is 15.7. The summed E-state index contributed by atoms with van der Waals surface area (Å²) in [4.78, 5) is 2.20. The summed E-state index contributed by atoms with van der Waals surface area (Å²) in [5.74, 6) is 1.55. The highest BCUT2D eigenvalue weighted by Crippen LogP contribution is 2.50. The van der Waals surface area contributed by atoms with E-state index < -0.39 is 0 Å². The Morgan fingerprint density at radius 2 is 1.59 bits per heavy atom. The number of hydrogen-bond donors (Lipinski definition) is 0. The topological polar surface area (TPSA) is 25.6 Å². The van der Waals surface area contributed by atoms with Gasteiger partial charge in [0.15, 0.2) is 5.75 Å². The van der Waals surface area contributed by atoms with E-state index in [4.69, 9.17) is 9.15 Å². The third-order valence-electron chi connectivity index (χ3n) is 5.19. The van der Waals surface area contributed by atoms with Crippen molar-refractivity contribution < 1.29 is 9.15 Å². The molecule has 0 atom stereocenters. The van der Waals surface area contributed by atoms with Gasteiger partial charge in [0.1, 0.15) is 12.2 Å². The van der Waals surface area contributed by atoms with E-state index in [-0.39, 0.29) is 0 Å². The van der Waals surface area contributed by atoms with Crippen molar-refractivity contribution in [1.29, 1.82) is 0 Å². The average molecular weight is 355 g/mol. The van der Waals surface area contributed by atoms with Gasteiger partial charge in [0.25, 0.3) is 0 Å². The molecule has 0 N–H and O–H groups in total. The predicted molar refractivity (Wildman–Crippen MR) is 109 cm³/mol. The van der Waals surface area contributed by atoms with Gasteiger partial charge in [-0.2, -0.15) is 0 Å². The number of rotatable bonds is 1. The van der Waals surface area contributed by atoms with Crippen LogP contribution in [0.3, 0.4) is 0 Å². The Labute approximate surface area is 158 Å². The fourth-order valence-electron chi connectivity index (χ4n) is 3.82. The SMILES string of the molecule is Cc1ccc2c(c1)COc1c(oc3ccc(C)cc13)N2c1ccccc1C. The molecular formula is C24H21NO2. The highest BCUT2D eigenvalue weighted by atomic mass is 16.5. The molecule has 1 aromatic heterocycles. The van der Waals surface area contributed by atoms with Gasteiger partial charge in [-0.3, -0.25) is 4.90 Å². The Bertz CT molecular complexity index is 1170. The second-order valence-corrected chi connectivity index (χ2v) is 7.28. The lowest BCUT2D eigenvalue weighted by atomic mass is 10.1. The number of ether oxygens (including phenoxy) is 1. The van der Waals surface area contributed by atoms with E-state index in [2.05, 4.69) is 80.3 Å². The van der Waals surface area contributed by atoms with Crippen LogP contribution in [0.15, 0.2) is 65.1 Å². The van der Waals surface area contributed by atoms with Crippen LogP contribution in [0.5, 0.6) is 5.75 Å². The van der Waals surface area contributed by atoms with E-state index in [9.17, 15) is 0 Å². The summed E-state index contributed by atoms with van der Waals surface area (Å²) in [5.41, 5.74) is 7.81. The van der Waals surface area contributed by atoms with E-state index in [0.29, 0.717) is 6.61 Å². The first-order valence-electron chi connectivity index (χ1n) is 9.23. The minimum atomic E-state index is 0.523. The molecule has 0 saturated carbocycles. The number of nitrogens with zero attached hydrogens (tertiary/aromatic N) is 1. The largest absolute Gasteiger partial charge is 0.483 e. The van der Waals surface area contributed by atoms with Crippen molar-refractivity contribution in [2.75, 3.05) is 4.90 Å². The first-order valence-corrected chi connectivity index (χ1v) is 9.23. The Hall–Kier alpha value is -3.20. The zero-order chi connectivity index (χ0) is 18.5. The summed E-state index contributed by atoms with van der Waals surface area (Å²) in [6, 6.07) is 21.1. The fraction of sp³-hybridized carbons (Fsp3) is 0.167. The Morgan fingerprint density at radius 1 is 0.815 bits per heavy atom. The van der Waals surface area contributed by atoms with Gasteiger partial charge in [0, 0.05) is 5.56 Å². The van der Waals surface area contributed by atoms with Crippen LogP contribution in [0.2, 0.25) is 0 Å². The Balaban J connectivity index is 1.84. The number of para-hydroxylation sites is 1. The van der Waals surface area contributed by atoms with Gasteiger partial charge in [-0.25, -0.2) is 0 Å². The Morgan fingerprint density at radius 3 is 2.44 bits per heavy atom. The van der Waals surface area contributed by atoms with Crippen molar-refractivity contribution in [2.24, 2.45) is 0 Å². The zero-order valence-electron chi connectivity index (χ0n) is 15.7. The molecule has 0 aliphatic carbocycles. The van der Waals surface area contributed by atoms with Gasteiger partial charge in [-0.15, -0.1) is 0 Å². The molecule has 3 heteroatoms. The highest BCUT2D eigenvalue weighted by Gasteiger charge is 2.29. The first-order chi connectivity index (χ1) is 13.1. The molecule has 27 heavy (non-hydrogen) atoms. The normalized spacial score (nSPS) is 13.1. The van der Waals surface area contributed by atoms with Crippen molar-refractivity contribution in [3.63, 3.8) is 0 Å². The average Bonchev–Trinajstić information content (AvgIpc) is 2.92. The van der Waals surface area contributed by atoms with Crippen LogP contribution in [0.25, 0.3) is 11.0 Å². The molecule has 1 aliphatic rings. The maximum Gasteiger partial charge on any atom is 0.248 e. The van der Waals surface area contributed by atoms with Crippen molar-refractivity contribution >= 4 is 28.2 Å². The van der Waals surface area contributed by atoms with Gasteiger partial charge < -0.3 is 9.15 Å². The summed E-state index contributed by atoms with van der Waals surface area (Å²) in [6.45, 7) is 6.85. The maximum absolute atomic E-state index is 6.34. The summed E-state index contributed by atoms with van der Waals surface area (Å²) < 4.78 is 12.6. The second-order valence-electron chi connectivity index (χ2n) is 7.28. The van der Waals surface area contributed by atoms with E-state index in [0.717, 1.165) is 39.5 Å². The molecule has 3 nitrogen and oxygen atoms in total. The molecule has 2 heterocycles. The number of benzene rings is 3. The van der Waals surface area contributed by atoms with E-state index in [1.54, 1.807) is 0 Å². The van der Waals surface area contributed by atoms with E-state index in [1.165, 1.54) is 16.7 Å². The lowest BCUT2D eigenvalue weighted by Gasteiger charge is -2.24. The molecule has 0 unspecified atom stereocenters. The molecule has 134 valence electrons. The van der Waals surface area contributed by atoms with Crippen LogP contribution in [0, 0.1) is 20.8 Å². The van der Waals surface area contributed by atoms with Crippen molar-refractivity contribution in [2.45, 2.75) is 27.4 Å². The molecule has 0 bridgehead atoms. The van der Waals surface area contributed by atoms with Crippen LogP contribution in [-0.2, 0) is 6.61 Å². The molecular weight excluding hydrogens is 334 g/mol. The minimum absolute atomic E-state index is 0.523. The third-order valence-corrected chi connectivity index (χ3v) is 5.19. The molecule has 5 rings (SSSR count). The number of hydrogen-bond acceptors (Lipinski definition) is 3. The monoisotopic (exact) mass is 355 g/mol. The molecule has 0 amide bonds. The van der Waals surface area contributed by atoms with Crippen LogP contribution in [0.4, 0.5) is 17.3 Å². The van der Waals surface area contributed by atoms with Crippen LogP contribution in [-0.4, -0.2) is 0 Å². The summed E-state index contributed by atoms with van der Waals surface area (Å²) in [7, 11) is 0. The first kappa shape index (κ1) is 16.0. The summed E-state index contributed by atoms with van der Waals surface area (Å²) >= 11 is 0. The quantitative estimate of drug-likeness (QED) is 0.379. The fourth-order valence-corrected chi connectivity index (χ4v) is 3.82. The minimum Gasteiger partial charge on any atom is -0.483 e. The molecule has 4 aromatic rings. The van der Waals surface area contributed by atoms with Gasteiger partial charge in [-0.05, 0) is 50.6 Å². The lowest BCUT2D eigenvalue weighted by Crippen LogP contribution is -2.11. The standard InChI is InChI=1S/C24H21NO2/c1-15-8-10-21-18(12-15)14-26-23-19-13-16(2)9-11-22(19)27-24(23)25(21)20-7-5-4-6-17(20)3/h4-13H,14H2,1-3H3. The maximum atomic E-state index is 6.34. The predicted octanol–water partition coefficient (Wildman–Crippen LogP) is 6.72. The van der Waals surface area contributed by atoms with Crippen molar-refractivity contribution in [3.8, 4) is 5.75 Å². The number of fused-ring (bicyclic) bond motifs is 4. The molecule has 3 aromatic carbocycles. The van der Waals surface area contributed by atoms with Gasteiger partial charge in [0.2, 0.25) is 5.88 Å². The number of anilines is 3. The van der Waals surface area contributed by atoms with Crippen molar-refractivity contribution in [3.05, 3.63) is 82.9 Å². The van der Waals surface area contributed by atoms with E-state index >= 15 is 0 Å². The number of aryl methyl sites for hydroxylation is 3. The molecule has 0 spiro atoms. The van der Waals surface area contributed by atoms with Crippen LogP contribution < -0.4 is 9.64 Å². The molecule has 0 fully saturated rings. The molecule has 0 radical (unpaired) electrons. The van der Waals surface area contributed by atoms with E-state index in [1.807, 2.05) is 6.07 Å². The van der Waals surface area contributed by atoms with Crippen LogP contribution >= 0.6 is 0 Å².